The van der Waals surface area contributed by atoms with Gasteiger partial charge >= 0.3 is 5.97 Å². The molecule has 0 unspecified atom stereocenters. The van der Waals surface area contributed by atoms with Crippen molar-refractivity contribution < 1.29 is 15.0 Å². The number of rotatable bonds is 8. The van der Waals surface area contributed by atoms with Gasteiger partial charge in [-0.05, 0) is 31.9 Å². The highest BCUT2D eigenvalue weighted by atomic mass is 16.4. The summed E-state index contributed by atoms with van der Waals surface area (Å²) in [4.78, 5) is 9.60. The number of carboxylic acid groups (broad SMARTS) is 1. The molecule has 1 rings (SSSR count). The van der Waals surface area contributed by atoms with Crippen molar-refractivity contribution in [3.8, 4) is 0 Å². The van der Waals surface area contributed by atoms with Crippen LogP contribution in [0.3, 0.4) is 0 Å². The van der Waals surface area contributed by atoms with Gasteiger partial charge in [-0.15, -0.1) is 0 Å². The number of carboxylic acids is 1. The molecule has 2 N–H and O–H groups in total. The van der Waals surface area contributed by atoms with Crippen molar-refractivity contribution in [2.24, 2.45) is 5.92 Å². The van der Waals surface area contributed by atoms with Crippen LogP contribution in [0, 0.1) is 5.92 Å². The van der Waals surface area contributed by atoms with E-state index in [1.54, 1.807) is 0 Å². The lowest BCUT2D eigenvalue weighted by atomic mass is 9.97. The normalized spacial score (nSPS) is 12.6. The Morgan fingerprint density at radius 3 is 2.10 bits per heavy atom. The van der Waals surface area contributed by atoms with Gasteiger partial charge in [-0.1, -0.05) is 26.7 Å². The molecular weight excluding hydrogens is 265 g/mol. The first-order chi connectivity index (χ1) is 9.51. The molecule has 21 heavy (non-hydrogen) atoms. The Balaban J connectivity index is 0. The van der Waals surface area contributed by atoms with Crippen LogP contribution in [0.2, 0.25) is 0 Å². The smallest absolute Gasteiger partial charge is 0.303 e. The van der Waals surface area contributed by atoms with Gasteiger partial charge in [-0.3, -0.25) is 4.79 Å². The second-order valence-electron chi connectivity index (χ2n) is 5.17. The van der Waals surface area contributed by atoms with E-state index < -0.39 is 5.97 Å². The van der Waals surface area contributed by atoms with E-state index >= 15 is 0 Å². The van der Waals surface area contributed by atoms with Gasteiger partial charge in [0.25, 0.3) is 0 Å². The van der Waals surface area contributed by atoms with Crippen molar-refractivity contribution in [2.75, 3.05) is 0 Å². The molecule has 119 valence electrons. The molecule has 0 bridgehead atoms. The zero-order valence-corrected chi connectivity index (χ0v) is 13.5. The van der Waals surface area contributed by atoms with E-state index in [1.165, 1.54) is 12.8 Å². The summed E-state index contributed by atoms with van der Waals surface area (Å²) < 4.78 is 2.15. The van der Waals surface area contributed by atoms with Crippen LogP contribution in [0.1, 0.15) is 52.9 Å². The predicted molar refractivity (Wildman–Crippen MR) is 87.4 cm³/mol. The molecule has 0 aliphatic rings. The number of carbonyl (C=O) groups is 1. The summed E-state index contributed by atoms with van der Waals surface area (Å²) in [5.74, 6) is -0.320. The largest absolute Gasteiger partial charge is 0.481 e. The lowest BCUT2D eigenvalue weighted by Crippen LogP contribution is -2.21. The Morgan fingerprint density at radius 1 is 1.19 bits per heavy atom. The molecule has 0 amide bonds. The summed E-state index contributed by atoms with van der Waals surface area (Å²) in [5.41, 5.74) is 0. The number of aliphatic hydroxyl groups is 1. The van der Waals surface area contributed by atoms with E-state index in [9.17, 15) is 9.90 Å². The molecule has 0 aromatic carbocycles. The number of aromatic nitrogens is 1. The highest BCUT2D eigenvalue weighted by Gasteiger charge is 2.14. The van der Waals surface area contributed by atoms with Crippen molar-refractivity contribution in [1.29, 1.82) is 0 Å². The number of nitrogens with zero attached hydrogens (tertiary/aromatic N) is 1. The van der Waals surface area contributed by atoms with E-state index in [4.69, 9.17) is 5.11 Å². The lowest BCUT2D eigenvalue weighted by Gasteiger charge is -2.20. The van der Waals surface area contributed by atoms with Crippen LogP contribution in [0.25, 0.3) is 0 Å². The van der Waals surface area contributed by atoms with Gasteiger partial charge in [-0.25, -0.2) is 0 Å². The SMILES string of the molecule is CCCC(=O)O.CCCC[C@@H](Cn1cccc1)[C@@H](C)O.[B]. The number of aliphatic carboxylic acids is 1. The third-order valence-corrected chi connectivity index (χ3v) is 3.19. The molecule has 1 aromatic heterocycles. The van der Waals surface area contributed by atoms with Crippen molar-refractivity contribution in [2.45, 2.75) is 65.5 Å². The zero-order valence-electron chi connectivity index (χ0n) is 13.5. The Morgan fingerprint density at radius 2 is 1.76 bits per heavy atom. The lowest BCUT2D eigenvalue weighted by molar-refractivity contribution is -0.137. The predicted octanol–water partition coefficient (Wildman–Crippen LogP) is 3.17. The maximum Gasteiger partial charge on any atom is 0.303 e. The zero-order chi connectivity index (χ0) is 15.4. The molecule has 3 radical (unpaired) electrons. The first-order valence-corrected chi connectivity index (χ1v) is 7.51. The third kappa shape index (κ3) is 12.2. The molecule has 0 aliphatic heterocycles. The highest BCUT2D eigenvalue weighted by molar-refractivity contribution is 5.75. The minimum atomic E-state index is -0.711. The van der Waals surface area contributed by atoms with Gasteiger partial charge in [0.1, 0.15) is 0 Å². The number of unbranched alkanes of at least 4 members (excludes halogenated alkanes) is 1. The van der Waals surface area contributed by atoms with E-state index in [1.807, 2.05) is 26.0 Å². The number of hydrogen-bond donors (Lipinski definition) is 2. The highest BCUT2D eigenvalue weighted by Crippen LogP contribution is 2.15. The molecular formula is C16H29BNO3. The monoisotopic (exact) mass is 294 g/mol. The summed E-state index contributed by atoms with van der Waals surface area (Å²) in [6.07, 6.45) is 8.46. The fourth-order valence-corrected chi connectivity index (χ4v) is 1.93. The van der Waals surface area contributed by atoms with Gasteiger partial charge < -0.3 is 14.8 Å². The Labute approximate surface area is 130 Å². The van der Waals surface area contributed by atoms with Gasteiger partial charge in [-0.2, -0.15) is 0 Å². The van der Waals surface area contributed by atoms with Gasteiger partial charge in [0.2, 0.25) is 0 Å². The molecule has 0 saturated heterocycles. The standard InChI is InChI=1S/C12H21NO.C4H8O2.B/c1-3-4-7-12(11(2)14)10-13-8-5-6-9-13;1-2-3-4(5)6;/h5-6,8-9,11-12,14H,3-4,7,10H2,1-2H3;2-3H2,1H3,(H,5,6);/t11-,12+;;/m1../s1. The van der Waals surface area contributed by atoms with Crippen molar-refractivity contribution in [1.82, 2.24) is 4.57 Å². The van der Waals surface area contributed by atoms with Crippen LogP contribution in [-0.2, 0) is 11.3 Å². The Kier molecular flexibility index (Phi) is 14.4. The van der Waals surface area contributed by atoms with Crippen LogP contribution >= 0.6 is 0 Å². The van der Waals surface area contributed by atoms with E-state index in [2.05, 4.69) is 23.9 Å². The summed E-state index contributed by atoms with van der Waals surface area (Å²) in [7, 11) is 0. The average molecular weight is 294 g/mol. The number of aliphatic hydroxyl groups excluding tert-OH is 1. The van der Waals surface area contributed by atoms with Crippen LogP contribution < -0.4 is 0 Å². The van der Waals surface area contributed by atoms with Gasteiger partial charge in [0, 0.05) is 39.7 Å². The van der Waals surface area contributed by atoms with Crippen LogP contribution in [0.5, 0.6) is 0 Å². The minimum absolute atomic E-state index is 0. The van der Waals surface area contributed by atoms with Crippen molar-refractivity contribution in [3.05, 3.63) is 24.5 Å². The minimum Gasteiger partial charge on any atom is -0.481 e. The van der Waals surface area contributed by atoms with E-state index in [0.29, 0.717) is 12.3 Å². The quantitative estimate of drug-likeness (QED) is 0.724. The first-order valence-electron chi connectivity index (χ1n) is 7.51. The van der Waals surface area contributed by atoms with E-state index in [-0.39, 0.29) is 14.5 Å². The molecule has 2 atom stereocenters. The van der Waals surface area contributed by atoms with Crippen molar-refractivity contribution >= 4 is 14.4 Å². The molecule has 4 nitrogen and oxygen atoms in total. The Bertz CT molecular complexity index is 339. The average Bonchev–Trinajstić information content (AvgIpc) is 2.87. The van der Waals surface area contributed by atoms with Crippen LogP contribution in [-0.4, -0.2) is 35.3 Å². The fraction of sp³-hybridized carbons (Fsp3) is 0.688. The van der Waals surface area contributed by atoms with Gasteiger partial charge in [0.05, 0.1) is 6.10 Å². The third-order valence-electron chi connectivity index (χ3n) is 3.19. The summed E-state index contributed by atoms with van der Waals surface area (Å²) in [5, 5.41) is 17.5. The Hall–Kier alpha value is -1.23. The molecule has 0 saturated carbocycles. The van der Waals surface area contributed by atoms with Crippen LogP contribution in [0.15, 0.2) is 24.5 Å². The maximum absolute atomic E-state index is 9.62. The van der Waals surface area contributed by atoms with Crippen molar-refractivity contribution in [3.63, 3.8) is 0 Å². The first kappa shape index (κ1) is 22.1. The molecule has 0 aliphatic carbocycles. The molecule has 5 heteroatoms. The maximum atomic E-state index is 9.62. The second-order valence-corrected chi connectivity index (χ2v) is 5.17. The molecule has 0 fully saturated rings. The fourth-order valence-electron chi connectivity index (χ4n) is 1.93. The molecule has 1 heterocycles. The summed E-state index contributed by atoms with van der Waals surface area (Å²) >= 11 is 0. The summed E-state index contributed by atoms with van der Waals surface area (Å²) in [6, 6.07) is 4.05. The van der Waals surface area contributed by atoms with E-state index in [0.717, 1.165) is 19.4 Å². The van der Waals surface area contributed by atoms with Gasteiger partial charge in [0.15, 0.2) is 0 Å². The second kappa shape index (κ2) is 13.7. The topological polar surface area (TPSA) is 62.5 Å². The molecule has 1 aromatic rings. The van der Waals surface area contributed by atoms with Crippen LogP contribution in [0.4, 0.5) is 0 Å². The number of hydrogen-bond acceptors (Lipinski definition) is 2. The summed E-state index contributed by atoms with van der Waals surface area (Å²) in [6.45, 7) is 6.86. The molecule has 0 spiro atoms.